The van der Waals surface area contributed by atoms with Crippen molar-refractivity contribution in [2.75, 3.05) is 26.2 Å². The summed E-state index contributed by atoms with van der Waals surface area (Å²) >= 11 is 15.4. The molecule has 1 fully saturated rings. The van der Waals surface area contributed by atoms with Gasteiger partial charge in [0.1, 0.15) is 6.04 Å². The average Bonchev–Trinajstić information content (AvgIpc) is 3.56. The van der Waals surface area contributed by atoms with Crippen molar-refractivity contribution >= 4 is 63.6 Å². The van der Waals surface area contributed by atoms with E-state index in [4.69, 9.17) is 23.2 Å². The highest BCUT2D eigenvalue weighted by Gasteiger charge is 2.40. The Morgan fingerprint density at radius 1 is 0.972 bits per heavy atom. The zero-order valence-electron chi connectivity index (χ0n) is 19.6. The first kappa shape index (κ1) is 26.7. The second kappa shape index (κ2) is 12.7. The summed E-state index contributed by atoms with van der Waals surface area (Å²) in [6.45, 7) is 1.27. The lowest BCUT2D eigenvalue weighted by Crippen LogP contribution is -2.61. The van der Waals surface area contributed by atoms with Crippen LogP contribution in [-0.4, -0.2) is 59.7 Å². The van der Waals surface area contributed by atoms with Crippen LogP contribution in [0.1, 0.15) is 21.7 Å². The number of benzene rings is 1. The van der Waals surface area contributed by atoms with E-state index in [0.29, 0.717) is 48.9 Å². The Balaban J connectivity index is 1.39. The molecule has 0 bridgehead atoms. The SMILES string of the molecule is O=C(CC1C(=O)N(CCc2cccs2)CC(=O)N1CCc1cccs1)NCCc1ccc(Cl)cc1Cl. The van der Waals surface area contributed by atoms with E-state index in [1.807, 2.05) is 41.1 Å². The Morgan fingerprint density at radius 3 is 2.31 bits per heavy atom. The highest BCUT2D eigenvalue weighted by molar-refractivity contribution is 7.10. The number of nitrogens with one attached hydrogen (secondary N) is 1. The molecule has 3 amide bonds. The molecule has 3 heterocycles. The fraction of sp³-hybridized carbons (Fsp3) is 0.346. The largest absolute Gasteiger partial charge is 0.356 e. The van der Waals surface area contributed by atoms with E-state index in [1.165, 1.54) is 0 Å². The van der Waals surface area contributed by atoms with Crippen LogP contribution >= 0.6 is 45.9 Å². The van der Waals surface area contributed by atoms with Gasteiger partial charge in [0, 0.05) is 39.4 Å². The molecular formula is C26H27Cl2N3O3S2. The van der Waals surface area contributed by atoms with Crippen molar-refractivity contribution in [1.29, 1.82) is 0 Å². The van der Waals surface area contributed by atoms with Gasteiger partial charge in [-0.15, -0.1) is 22.7 Å². The first-order chi connectivity index (χ1) is 17.4. The minimum atomic E-state index is -0.811. The van der Waals surface area contributed by atoms with E-state index in [9.17, 15) is 14.4 Å². The van der Waals surface area contributed by atoms with Crippen molar-refractivity contribution < 1.29 is 14.4 Å². The number of amides is 3. The predicted octanol–water partition coefficient (Wildman–Crippen LogP) is 4.69. The Hall–Kier alpha value is -2.39. The van der Waals surface area contributed by atoms with Crippen molar-refractivity contribution in [2.45, 2.75) is 31.7 Å². The molecule has 6 nitrogen and oxygen atoms in total. The molecule has 2 aromatic heterocycles. The molecule has 4 rings (SSSR count). The molecule has 1 aliphatic rings. The van der Waals surface area contributed by atoms with Gasteiger partial charge in [0.2, 0.25) is 17.7 Å². The van der Waals surface area contributed by atoms with Gasteiger partial charge in [-0.3, -0.25) is 14.4 Å². The minimum Gasteiger partial charge on any atom is -0.356 e. The van der Waals surface area contributed by atoms with E-state index < -0.39 is 6.04 Å². The van der Waals surface area contributed by atoms with Gasteiger partial charge in [0.15, 0.2) is 0 Å². The smallest absolute Gasteiger partial charge is 0.246 e. The van der Waals surface area contributed by atoms with Crippen LogP contribution in [0.3, 0.4) is 0 Å². The molecule has 0 aliphatic carbocycles. The van der Waals surface area contributed by atoms with E-state index in [2.05, 4.69) is 5.32 Å². The van der Waals surface area contributed by atoms with Crippen LogP contribution in [0.2, 0.25) is 10.0 Å². The first-order valence-corrected chi connectivity index (χ1v) is 14.3. The van der Waals surface area contributed by atoms with Crippen LogP contribution in [0, 0.1) is 0 Å². The van der Waals surface area contributed by atoms with Gasteiger partial charge in [-0.2, -0.15) is 0 Å². The van der Waals surface area contributed by atoms with E-state index >= 15 is 0 Å². The highest BCUT2D eigenvalue weighted by atomic mass is 35.5. The van der Waals surface area contributed by atoms with Gasteiger partial charge in [0.05, 0.1) is 13.0 Å². The average molecular weight is 565 g/mol. The van der Waals surface area contributed by atoms with Crippen LogP contribution in [-0.2, 0) is 33.6 Å². The number of piperazine rings is 1. The third-order valence-corrected chi connectivity index (χ3v) is 8.58. The molecular weight excluding hydrogens is 537 g/mol. The summed E-state index contributed by atoms with van der Waals surface area (Å²) in [6.07, 6.45) is 1.80. The number of hydrogen-bond donors (Lipinski definition) is 1. The molecule has 1 aliphatic heterocycles. The molecule has 1 unspecified atom stereocenters. The van der Waals surface area contributed by atoms with Gasteiger partial charge in [-0.05, 0) is 59.9 Å². The molecule has 0 radical (unpaired) electrons. The van der Waals surface area contributed by atoms with Crippen molar-refractivity contribution in [2.24, 2.45) is 0 Å². The second-order valence-electron chi connectivity index (χ2n) is 8.56. The van der Waals surface area contributed by atoms with Crippen LogP contribution < -0.4 is 5.32 Å². The van der Waals surface area contributed by atoms with Gasteiger partial charge in [0.25, 0.3) is 0 Å². The molecule has 0 spiro atoms. The molecule has 3 aromatic rings. The lowest BCUT2D eigenvalue weighted by atomic mass is 10.0. The second-order valence-corrected chi connectivity index (χ2v) is 11.5. The van der Waals surface area contributed by atoms with Crippen molar-refractivity contribution in [3.63, 3.8) is 0 Å². The monoisotopic (exact) mass is 563 g/mol. The van der Waals surface area contributed by atoms with Crippen molar-refractivity contribution in [1.82, 2.24) is 15.1 Å². The maximum Gasteiger partial charge on any atom is 0.246 e. The molecule has 190 valence electrons. The van der Waals surface area contributed by atoms with Gasteiger partial charge >= 0.3 is 0 Å². The maximum atomic E-state index is 13.4. The van der Waals surface area contributed by atoms with Crippen LogP contribution in [0.5, 0.6) is 0 Å². The Morgan fingerprint density at radius 2 is 1.67 bits per heavy atom. The molecule has 1 saturated heterocycles. The molecule has 1 aromatic carbocycles. The van der Waals surface area contributed by atoms with Crippen molar-refractivity contribution in [3.8, 4) is 0 Å². The van der Waals surface area contributed by atoms with E-state index in [-0.39, 0.29) is 30.7 Å². The number of nitrogens with zero attached hydrogens (tertiary/aromatic N) is 2. The Bertz CT molecular complexity index is 1190. The summed E-state index contributed by atoms with van der Waals surface area (Å²) in [7, 11) is 0. The normalized spacial score (nSPS) is 16.0. The molecule has 1 N–H and O–H groups in total. The number of hydrogen-bond acceptors (Lipinski definition) is 5. The first-order valence-electron chi connectivity index (χ1n) is 11.7. The summed E-state index contributed by atoms with van der Waals surface area (Å²) in [5, 5.41) is 7.97. The summed E-state index contributed by atoms with van der Waals surface area (Å²) in [5.41, 5.74) is 0.877. The maximum absolute atomic E-state index is 13.4. The summed E-state index contributed by atoms with van der Waals surface area (Å²) in [6, 6.07) is 12.4. The van der Waals surface area contributed by atoms with Gasteiger partial charge in [-0.1, -0.05) is 41.4 Å². The van der Waals surface area contributed by atoms with Crippen molar-refractivity contribution in [3.05, 3.63) is 78.6 Å². The minimum absolute atomic E-state index is 0.0435. The molecule has 0 saturated carbocycles. The number of thiophene rings is 2. The number of rotatable bonds is 11. The summed E-state index contributed by atoms with van der Waals surface area (Å²) in [5.74, 6) is -0.566. The van der Waals surface area contributed by atoms with E-state index in [0.717, 1.165) is 15.3 Å². The fourth-order valence-electron chi connectivity index (χ4n) is 4.21. The molecule has 36 heavy (non-hydrogen) atoms. The number of carbonyl (C=O) groups excluding carboxylic acids is 3. The summed E-state index contributed by atoms with van der Waals surface area (Å²) in [4.78, 5) is 44.9. The fourth-order valence-corrected chi connectivity index (χ4v) is 6.11. The van der Waals surface area contributed by atoms with Gasteiger partial charge < -0.3 is 15.1 Å². The number of halogens is 2. The topological polar surface area (TPSA) is 69.7 Å². The van der Waals surface area contributed by atoms with Crippen LogP contribution in [0.4, 0.5) is 0 Å². The predicted molar refractivity (Wildman–Crippen MR) is 146 cm³/mol. The molecule has 10 heteroatoms. The quantitative estimate of drug-likeness (QED) is 0.368. The highest BCUT2D eigenvalue weighted by Crippen LogP contribution is 2.22. The Kier molecular flexibility index (Phi) is 9.42. The lowest BCUT2D eigenvalue weighted by molar-refractivity contribution is -0.157. The standard InChI is InChI=1S/C26H27Cl2N3O3S2/c27-19-6-5-18(22(28)15-19)7-10-29-24(32)16-23-26(34)30(11-8-20-3-1-13-35-20)17-25(33)31(23)12-9-21-4-2-14-36-21/h1-6,13-15,23H,7-12,16-17H2,(H,29,32). The zero-order chi connectivity index (χ0) is 25.5. The van der Waals surface area contributed by atoms with Crippen LogP contribution in [0.15, 0.2) is 53.2 Å². The van der Waals surface area contributed by atoms with Gasteiger partial charge in [-0.25, -0.2) is 0 Å². The van der Waals surface area contributed by atoms with E-state index in [1.54, 1.807) is 44.6 Å². The zero-order valence-corrected chi connectivity index (χ0v) is 22.8. The third kappa shape index (κ3) is 7.09. The third-order valence-electron chi connectivity index (χ3n) is 6.12. The van der Waals surface area contributed by atoms with Crippen LogP contribution in [0.25, 0.3) is 0 Å². The Labute approximate surface area is 228 Å². The number of carbonyl (C=O) groups is 3. The molecule has 1 atom stereocenters. The summed E-state index contributed by atoms with van der Waals surface area (Å²) < 4.78 is 0. The lowest BCUT2D eigenvalue weighted by Gasteiger charge is -2.40.